The molecule has 0 fully saturated rings. The number of nitro benzene ring substituents is 1. The zero-order chi connectivity index (χ0) is 21.1. The largest absolute Gasteiger partial charge is 0.380 e. The Balaban J connectivity index is 2.38. The fourth-order valence-electron chi connectivity index (χ4n) is 2.47. The van der Waals surface area contributed by atoms with Gasteiger partial charge in [0.15, 0.2) is 0 Å². The highest BCUT2D eigenvalue weighted by atomic mass is 32.2. The maximum Gasteiger partial charge on any atom is 0.293 e. The van der Waals surface area contributed by atoms with Crippen molar-refractivity contribution in [2.24, 2.45) is 0 Å². The van der Waals surface area contributed by atoms with E-state index >= 15 is 0 Å². The van der Waals surface area contributed by atoms with Crippen LogP contribution in [0.4, 0.5) is 17.1 Å². The third-order valence-electron chi connectivity index (χ3n) is 4.06. The second-order valence-corrected chi connectivity index (χ2v) is 8.39. The van der Waals surface area contributed by atoms with Crippen LogP contribution in [-0.4, -0.2) is 44.2 Å². The molecule has 0 radical (unpaired) electrons. The first-order chi connectivity index (χ1) is 13.1. The molecule has 28 heavy (non-hydrogen) atoms. The molecule has 0 atom stereocenters. The number of hydrogen-bond acceptors (Lipinski definition) is 6. The van der Waals surface area contributed by atoms with Gasteiger partial charge in [-0.1, -0.05) is 6.07 Å². The maximum absolute atomic E-state index is 12.6. The third-order valence-corrected chi connectivity index (χ3v) is 5.87. The van der Waals surface area contributed by atoms with Gasteiger partial charge in [-0.2, -0.15) is 0 Å². The van der Waals surface area contributed by atoms with Crippen molar-refractivity contribution >= 4 is 33.0 Å². The van der Waals surface area contributed by atoms with Gasteiger partial charge in [0.25, 0.3) is 11.6 Å². The summed E-state index contributed by atoms with van der Waals surface area (Å²) in [6.07, 6.45) is 0. The van der Waals surface area contributed by atoms with Crippen LogP contribution in [0.15, 0.2) is 41.3 Å². The van der Waals surface area contributed by atoms with Crippen LogP contribution in [0.1, 0.15) is 22.8 Å². The van der Waals surface area contributed by atoms with Gasteiger partial charge >= 0.3 is 0 Å². The number of aryl methyl sites for hydroxylation is 1. The Labute approximate surface area is 163 Å². The summed E-state index contributed by atoms with van der Waals surface area (Å²) in [6, 6.07) is 8.53. The minimum absolute atomic E-state index is 0.0341. The molecule has 0 heterocycles. The summed E-state index contributed by atoms with van der Waals surface area (Å²) in [6.45, 7) is 4.03. The molecule has 9 nitrogen and oxygen atoms in total. The lowest BCUT2D eigenvalue weighted by molar-refractivity contribution is -0.384. The van der Waals surface area contributed by atoms with Crippen LogP contribution >= 0.6 is 0 Å². The molecule has 0 aromatic heterocycles. The van der Waals surface area contributed by atoms with E-state index in [1.807, 2.05) is 6.92 Å². The first-order valence-corrected chi connectivity index (χ1v) is 9.88. The van der Waals surface area contributed by atoms with Gasteiger partial charge in [0.2, 0.25) is 10.0 Å². The molecule has 150 valence electrons. The van der Waals surface area contributed by atoms with Crippen LogP contribution < -0.4 is 10.6 Å². The summed E-state index contributed by atoms with van der Waals surface area (Å²) in [7, 11) is -0.832. The van der Waals surface area contributed by atoms with E-state index in [0.29, 0.717) is 23.5 Å². The van der Waals surface area contributed by atoms with E-state index in [-0.39, 0.29) is 16.1 Å². The van der Waals surface area contributed by atoms with Gasteiger partial charge < -0.3 is 10.6 Å². The summed E-state index contributed by atoms with van der Waals surface area (Å²) in [5.74, 6) is -0.575. The van der Waals surface area contributed by atoms with Crippen molar-refractivity contribution in [1.29, 1.82) is 0 Å². The van der Waals surface area contributed by atoms with Crippen molar-refractivity contribution in [3.05, 3.63) is 57.6 Å². The van der Waals surface area contributed by atoms with Crippen molar-refractivity contribution in [3.8, 4) is 0 Å². The number of nitrogens with one attached hydrogen (secondary N) is 2. The van der Waals surface area contributed by atoms with Gasteiger partial charge in [0.1, 0.15) is 5.69 Å². The van der Waals surface area contributed by atoms with Gasteiger partial charge in [-0.05, 0) is 43.7 Å². The zero-order valence-electron chi connectivity index (χ0n) is 16.0. The normalized spacial score (nSPS) is 11.3. The van der Waals surface area contributed by atoms with Gasteiger partial charge in [-0.15, -0.1) is 0 Å². The Hall–Kier alpha value is -2.98. The summed E-state index contributed by atoms with van der Waals surface area (Å²) in [5, 5.41) is 16.8. The molecule has 2 rings (SSSR count). The average Bonchev–Trinajstić information content (AvgIpc) is 2.63. The summed E-state index contributed by atoms with van der Waals surface area (Å²) >= 11 is 0. The number of nitro groups is 1. The highest BCUT2D eigenvalue weighted by Gasteiger charge is 2.20. The molecule has 2 N–H and O–H groups in total. The Morgan fingerprint density at radius 3 is 2.39 bits per heavy atom. The summed E-state index contributed by atoms with van der Waals surface area (Å²) in [4.78, 5) is 23.3. The molecule has 0 saturated heterocycles. The molecule has 0 unspecified atom stereocenters. The van der Waals surface area contributed by atoms with Crippen molar-refractivity contribution in [2.75, 3.05) is 31.3 Å². The molecular formula is C18H22N4O5S. The predicted octanol–water partition coefficient (Wildman–Crippen LogP) is 2.84. The molecule has 0 aliphatic carbocycles. The molecule has 0 aliphatic heterocycles. The fourth-order valence-corrected chi connectivity index (χ4v) is 3.39. The lowest BCUT2D eigenvalue weighted by Crippen LogP contribution is -2.22. The Morgan fingerprint density at radius 1 is 1.14 bits per heavy atom. The minimum Gasteiger partial charge on any atom is -0.380 e. The number of benzene rings is 2. The molecule has 2 aromatic carbocycles. The first kappa shape index (κ1) is 21.3. The smallest absolute Gasteiger partial charge is 0.293 e. The van der Waals surface area contributed by atoms with Crippen molar-refractivity contribution in [2.45, 2.75) is 18.7 Å². The number of carbonyl (C=O) groups excluding carboxylic acids is 1. The molecule has 0 bridgehead atoms. The minimum atomic E-state index is -3.66. The molecule has 1 amide bonds. The number of amides is 1. The van der Waals surface area contributed by atoms with Crippen LogP contribution in [-0.2, 0) is 10.0 Å². The van der Waals surface area contributed by atoms with E-state index in [4.69, 9.17) is 0 Å². The van der Waals surface area contributed by atoms with Gasteiger partial charge in [-0.3, -0.25) is 14.9 Å². The molecule has 2 aromatic rings. The molecule has 0 saturated carbocycles. The zero-order valence-corrected chi connectivity index (χ0v) is 16.8. The Kier molecular flexibility index (Phi) is 6.37. The van der Waals surface area contributed by atoms with Crippen molar-refractivity contribution < 1.29 is 18.1 Å². The number of hydrogen-bond donors (Lipinski definition) is 2. The third kappa shape index (κ3) is 4.46. The lowest BCUT2D eigenvalue weighted by atomic mass is 10.1. The second-order valence-electron chi connectivity index (χ2n) is 6.24. The van der Waals surface area contributed by atoms with Crippen LogP contribution in [0.3, 0.4) is 0 Å². The maximum atomic E-state index is 12.6. The van der Waals surface area contributed by atoms with Crippen LogP contribution in [0.2, 0.25) is 0 Å². The Bertz CT molecular complexity index is 1020. The van der Waals surface area contributed by atoms with E-state index < -0.39 is 20.9 Å². The van der Waals surface area contributed by atoms with Crippen LogP contribution in [0, 0.1) is 17.0 Å². The van der Waals surface area contributed by atoms with Crippen LogP contribution in [0.5, 0.6) is 0 Å². The van der Waals surface area contributed by atoms with Gasteiger partial charge in [0, 0.05) is 38.0 Å². The van der Waals surface area contributed by atoms with Crippen molar-refractivity contribution in [3.63, 3.8) is 0 Å². The molecule has 0 spiro atoms. The topological polar surface area (TPSA) is 122 Å². The number of sulfonamides is 1. The highest BCUT2D eigenvalue weighted by Crippen LogP contribution is 2.27. The van der Waals surface area contributed by atoms with E-state index in [0.717, 1.165) is 4.31 Å². The number of carbonyl (C=O) groups is 1. The monoisotopic (exact) mass is 406 g/mol. The standard InChI is InChI=1S/C18H22N4O5S/c1-5-19-15-9-7-13(10-17(15)22(24)25)18(23)20-16-11-14(8-6-12(16)2)28(26,27)21(3)4/h6-11,19H,5H2,1-4H3,(H,20,23). The predicted molar refractivity (Wildman–Crippen MR) is 107 cm³/mol. The number of nitrogens with zero attached hydrogens (tertiary/aromatic N) is 2. The first-order valence-electron chi connectivity index (χ1n) is 8.44. The SMILES string of the molecule is CCNc1ccc(C(=O)Nc2cc(S(=O)(=O)N(C)C)ccc2C)cc1[N+](=O)[O-]. The fraction of sp³-hybridized carbons (Fsp3) is 0.278. The molecule has 0 aliphatic rings. The van der Waals surface area contributed by atoms with E-state index in [1.54, 1.807) is 13.0 Å². The average molecular weight is 406 g/mol. The Morgan fingerprint density at radius 2 is 1.82 bits per heavy atom. The second kappa shape index (κ2) is 8.36. The van der Waals surface area contributed by atoms with Crippen molar-refractivity contribution in [1.82, 2.24) is 4.31 Å². The van der Waals surface area contributed by atoms with Gasteiger partial charge in [0.05, 0.1) is 9.82 Å². The van der Waals surface area contributed by atoms with E-state index in [9.17, 15) is 23.3 Å². The number of anilines is 2. The summed E-state index contributed by atoms with van der Waals surface area (Å²) < 4.78 is 25.7. The van der Waals surface area contributed by atoms with E-state index in [2.05, 4.69) is 10.6 Å². The lowest BCUT2D eigenvalue weighted by Gasteiger charge is -2.14. The van der Waals surface area contributed by atoms with Crippen LogP contribution in [0.25, 0.3) is 0 Å². The molecule has 10 heteroatoms. The van der Waals surface area contributed by atoms with Gasteiger partial charge in [-0.25, -0.2) is 12.7 Å². The van der Waals surface area contributed by atoms with E-state index in [1.165, 1.54) is 44.4 Å². The number of rotatable bonds is 7. The molecular weight excluding hydrogens is 384 g/mol. The highest BCUT2D eigenvalue weighted by molar-refractivity contribution is 7.89. The summed E-state index contributed by atoms with van der Waals surface area (Å²) in [5.41, 5.74) is 1.17. The quantitative estimate of drug-likeness (QED) is 0.539.